The van der Waals surface area contributed by atoms with Crippen LogP contribution in [0.15, 0.2) is 0 Å². The summed E-state index contributed by atoms with van der Waals surface area (Å²) >= 11 is 0. The molecule has 2 aliphatic rings. The van der Waals surface area contributed by atoms with Crippen molar-refractivity contribution in [3.63, 3.8) is 0 Å². The third-order valence-electron chi connectivity index (χ3n) is 4.65. The number of amides is 1. The van der Waals surface area contributed by atoms with Gasteiger partial charge in [0.05, 0.1) is 0 Å². The standard InChI is InChI=1S/C14H26N2O/c1-11(2)14(6-7-14)10-16-8-4-13(5-9-16)15-12(3)17/h11,13H,4-10H2,1-3H3,(H,15,17). The number of likely N-dealkylation sites (tertiary alicyclic amines) is 1. The maximum absolute atomic E-state index is 11.0. The summed E-state index contributed by atoms with van der Waals surface area (Å²) in [6, 6.07) is 0.415. The van der Waals surface area contributed by atoms with Gasteiger partial charge < -0.3 is 10.2 Å². The molecule has 1 amide bonds. The van der Waals surface area contributed by atoms with Gasteiger partial charge in [-0.05, 0) is 37.0 Å². The molecular weight excluding hydrogens is 212 g/mol. The first-order chi connectivity index (χ1) is 8.02. The molecule has 1 heterocycles. The zero-order chi connectivity index (χ0) is 12.5. The summed E-state index contributed by atoms with van der Waals surface area (Å²) in [5.41, 5.74) is 0.626. The maximum atomic E-state index is 11.0. The van der Waals surface area contributed by atoms with Crippen molar-refractivity contribution in [1.82, 2.24) is 10.2 Å². The van der Waals surface area contributed by atoms with Crippen molar-refractivity contribution in [3.05, 3.63) is 0 Å². The van der Waals surface area contributed by atoms with E-state index in [0.717, 1.165) is 31.8 Å². The second kappa shape index (κ2) is 4.97. The molecule has 3 nitrogen and oxygen atoms in total. The Morgan fingerprint density at radius 1 is 1.35 bits per heavy atom. The Bertz CT molecular complexity index is 276. The van der Waals surface area contributed by atoms with Crippen molar-refractivity contribution in [1.29, 1.82) is 0 Å². The lowest BCUT2D eigenvalue weighted by atomic mass is 9.91. The molecule has 0 aromatic heterocycles. The number of hydrogen-bond donors (Lipinski definition) is 1. The number of rotatable bonds is 4. The Labute approximate surface area is 105 Å². The zero-order valence-corrected chi connectivity index (χ0v) is 11.5. The van der Waals surface area contributed by atoms with E-state index in [-0.39, 0.29) is 5.91 Å². The quantitative estimate of drug-likeness (QED) is 0.812. The van der Waals surface area contributed by atoms with Crippen LogP contribution in [0.2, 0.25) is 0 Å². The molecule has 98 valence electrons. The molecule has 0 aromatic carbocycles. The first kappa shape index (κ1) is 12.9. The van der Waals surface area contributed by atoms with Gasteiger partial charge in [-0.2, -0.15) is 0 Å². The molecule has 3 heteroatoms. The van der Waals surface area contributed by atoms with Crippen molar-refractivity contribution < 1.29 is 4.79 Å². The predicted octanol–water partition coefficient (Wildman–Crippen LogP) is 2.02. The Kier molecular flexibility index (Phi) is 3.76. The summed E-state index contributed by atoms with van der Waals surface area (Å²) < 4.78 is 0. The minimum absolute atomic E-state index is 0.115. The highest BCUT2D eigenvalue weighted by molar-refractivity contribution is 5.73. The third-order valence-corrected chi connectivity index (χ3v) is 4.65. The molecule has 17 heavy (non-hydrogen) atoms. The molecule has 0 unspecified atom stereocenters. The first-order valence-corrected chi connectivity index (χ1v) is 7.01. The van der Waals surface area contributed by atoms with E-state index in [1.165, 1.54) is 19.4 Å². The van der Waals surface area contributed by atoms with Crippen LogP contribution in [-0.2, 0) is 4.79 Å². The number of hydrogen-bond acceptors (Lipinski definition) is 2. The minimum Gasteiger partial charge on any atom is -0.354 e. The summed E-state index contributed by atoms with van der Waals surface area (Å²) in [4.78, 5) is 13.6. The summed E-state index contributed by atoms with van der Waals surface area (Å²) in [6.07, 6.45) is 5.06. The highest BCUT2D eigenvalue weighted by atomic mass is 16.1. The highest BCUT2D eigenvalue weighted by Gasteiger charge is 2.46. The van der Waals surface area contributed by atoms with Gasteiger partial charge in [-0.3, -0.25) is 4.79 Å². The van der Waals surface area contributed by atoms with Crippen LogP contribution in [0.4, 0.5) is 0 Å². The molecule has 1 saturated heterocycles. The topological polar surface area (TPSA) is 32.3 Å². The predicted molar refractivity (Wildman–Crippen MR) is 69.8 cm³/mol. The summed E-state index contributed by atoms with van der Waals surface area (Å²) in [6.45, 7) is 9.91. The van der Waals surface area contributed by atoms with Crippen LogP contribution in [0.25, 0.3) is 0 Å². The fourth-order valence-corrected chi connectivity index (χ4v) is 3.05. The molecule has 1 N–H and O–H groups in total. The van der Waals surface area contributed by atoms with Gasteiger partial charge in [0.15, 0.2) is 0 Å². The van der Waals surface area contributed by atoms with Crippen molar-refractivity contribution in [2.75, 3.05) is 19.6 Å². The van der Waals surface area contributed by atoms with Crippen LogP contribution in [0.5, 0.6) is 0 Å². The Morgan fingerprint density at radius 2 is 1.94 bits per heavy atom. The summed E-state index contributed by atoms with van der Waals surface area (Å²) in [7, 11) is 0. The number of nitrogens with zero attached hydrogens (tertiary/aromatic N) is 1. The van der Waals surface area contributed by atoms with Crippen LogP contribution >= 0.6 is 0 Å². The lowest BCUT2D eigenvalue weighted by Gasteiger charge is -2.35. The van der Waals surface area contributed by atoms with E-state index < -0.39 is 0 Å². The molecule has 1 aliphatic carbocycles. The van der Waals surface area contributed by atoms with Crippen molar-refractivity contribution in [2.24, 2.45) is 11.3 Å². The van der Waals surface area contributed by atoms with Crippen LogP contribution in [-0.4, -0.2) is 36.5 Å². The van der Waals surface area contributed by atoms with Crippen LogP contribution in [0, 0.1) is 11.3 Å². The van der Waals surface area contributed by atoms with Gasteiger partial charge >= 0.3 is 0 Å². The molecule has 1 saturated carbocycles. The number of nitrogens with one attached hydrogen (secondary N) is 1. The van der Waals surface area contributed by atoms with Gasteiger partial charge in [-0.15, -0.1) is 0 Å². The molecule has 0 atom stereocenters. The zero-order valence-electron chi connectivity index (χ0n) is 11.5. The maximum Gasteiger partial charge on any atom is 0.217 e. The monoisotopic (exact) mass is 238 g/mol. The normalized spacial score (nSPS) is 24.9. The smallest absolute Gasteiger partial charge is 0.217 e. The van der Waals surface area contributed by atoms with Crippen LogP contribution in [0.1, 0.15) is 46.5 Å². The lowest BCUT2D eigenvalue weighted by Crippen LogP contribution is -2.46. The number of carbonyl (C=O) groups excluding carboxylic acids is 1. The van der Waals surface area contributed by atoms with Gasteiger partial charge in [-0.1, -0.05) is 13.8 Å². The Balaban J connectivity index is 1.74. The fraction of sp³-hybridized carbons (Fsp3) is 0.929. The van der Waals surface area contributed by atoms with E-state index in [1.54, 1.807) is 6.92 Å². The van der Waals surface area contributed by atoms with Gasteiger partial charge in [0.25, 0.3) is 0 Å². The fourth-order valence-electron chi connectivity index (χ4n) is 3.05. The van der Waals surface area contributed by atoms with Crippen LogP contribution < -0.4 is 5.32 Å². The molecule has 0 spiro atoms. The van der Waals surface area contributed by atoms with E-state index >= 15 is 0 Å². The molecule has 1 aliphatic heterocycles. The van der Waals surface area contributed by atoms with E-state index in [4.69, 9.17) is 0 Å². The molecular formula is C14H26N2O. The average molecular weight is 238 g/mol. The number of piperidine rings is 1. The van der Waals surface area contributed by atoms with E-state index in [9.17, 15) is 4.79 Å². The van der Waals surface area contributed by atoms with Gasteiger partial charge in [0.2, 0.25) is 5.91 Å². The molecule has 0 aromatic rings. The van der Waals surface area contributed by atoms with Crippen molar-refractivity contribution >= 4 is 5.91 Å². The second-order valence-electron chi connectivity index (χ2n) is 6.27. The van der Waals surface area contributed by atoms with Gasteiger partial charge in [0, 0.05) is 32.6 Å². The largest absolute Gasteiger partial charge is 0.354 e. The Hall–Kier alpha value is -0.570. The van der Waals surface area contributed by atoms with Crippen molar-refractivity contribution in [2.45, 2.75) is 52.5 Å². The summed E-state index contributed by atoms with van der Waals surface area (Å²) in [5, 5.41) is 3.04. The van der Waals surface area contributed by atoms with Gasteiger partial charge in [-0.25, -0.2) is 0 Å². The Morgan fingerprint density at radius 3 is 2.35 bits per heavy atom. The minimum atomic E-state index is 0.115. The summed E-state index contributed by atoms with van der Waals surface area (Å²) in [5.74, 6) is 0.930. The number of carbonyl (C=O) groups is 1. The average Bonchev–Trinajstić information content (AvgIpc) is 3.01. The van der Waals surface area contributed by atoms with E-state index in [1.807, 2.05) is 0 Å². The lowest BCUT2D eigenvalue weighted by molar-refractivity contribution is -0.120. The molecule has 2 fully saturated rings. The molecule has 0 bridgehead atoms. The SMILES string of the molecule is CC(=O)NC1CCN(CC2(C(C)C)CC2)CC1. The van der Waals surface area contributed by atoms with Crippen molar-refractivity contribution in [3.8, 4) is 0 Å². The van der Waals surface area contributed by atoms with Crippen LogP contribution in [0.3, 0.4) is 0 Å². The first-order valence-electron chi connectivity index (χ1n) is 7.01. The molecule has 2 rings (SSSR count). The highest BCUT2D eigenvalue weighted by Crippen LogP contribution is 2.52. The third kappa shape index (κ3) is 3.21. The molecule has 0 radical (unpaired) electrons. The van der Waals surface area contributed by atoms with Gasteiger partial charge in [0.1, 0.15) is 0 Å². The van der Waals surface area contributed by atoms with E-state index in [0.29, 0.717) is 11.5 Å². The second-order valence-corrected chi connectivity index (χ2v) is 6.27. The van der Waals surface area contributed by atoms with E-state index in [2.05, 4.69) is 24.1 Å².